The van der Waals surface area contributed by atoms with E-state index in [-0.39, 0.29) is 5.91 Å². The second kappa shape index (κ2) is 6.15. The number of thiophene rings is 1. The molecule has 0 saturated heterocycles. The molecule has 3 rings (SSSR count). The number of hydrogen-bond donors (Lipinski definition) is 2. The maximum Gasteiger partial charge on any atom is 0.275 e. The van der Waals surface area contributed by atoms with Crippen LogP contribution in [0.25, 0.3) is 0 Å². The molecule has 0 saturated carbocycles. The molecule has 110 valence electrons. The van der Waals surface area contributed by atoms with Gasteiger partial charge in [0.1, 0.15) is 5.75 Å². The summed E-state index contributed by atoms with van der Waals surface area (Å²) in [5, 5.41) is 1.92. The monoisotopic (exact) mass is 303 g/mol. The highest BCUT2D eigenvalue weighted by atomic mass is 32.1. The van der Waals surface area contributed by atoms with E-state index >= 15 is 0 Å². The molecular weight excluding hydrogens is 286 g/mol. The van der Waals surface area contributed by atoms with Crippen LogP contribution in [-0.2, 0) is 6.54 Å². The summed E-state index contributed by atoms with van der Waals surface area (Å²) in [5.74, 6) is 5.90. The molecule has 1 aliphatic heterocycles. The first kappa shape index (κ1) is 13.9. The molecule has 6 heteroatoms. The van der Waals surface area contributed by atoms with Crippen LogP contribution >= 0.6 is 11.3 Å². The van der Waals surface area contributed by atoms with E-state index in [0.29, 0.717) is 18.0 Å². The lowest BCUT2D eigenvalue weighted by atomic mass is 10.2. The fourth-order valence-corrected chi connectivity index (χ4v) is 3.31. The number of nitrogens with one attached hydrogen (secondary N) is 1. The molecule has 0 bridgehead atoms. The molecule has 2 heterocycles. The minimum Gasteiger partial charge on any atom is -0.491 e. The van der Waals surface area contributed by atoms with Crippen molar-refractivity contribution in [2.75, 3.05) is 18.1 Å². The normalized spacial score (nSPS) is 14.0. The van der Waals surface area contributed by atoms with Gasteiger partial charge in [0.05, 0.1) is 17.2 Å². The molecule has 0 unspecified atom stereocenters. The van der Waals surface area contributed by atoms with Crippen molar-refractivity contribution >= 4 is 22.9 Å². The van der Waals surface area contributed by atoms with Crippen molar-refractivity contribution in [1.29, 1.82) is 0 Å². The van der Waals surface area contributed by atoms with Crippen molar-refractivity contribution in [1.82, 2.24) is 5.43 Å². The Morgan fingerprint density at radius 1 is 1.38 bits per heavy atom. The number of hydrazine groups is 1. The SMILES string of the molecule is NNC(=O)c1sccc1CN1CCCOc2ccccc21. The number of nitrogens with zero attached hydrogens (tertiary/aromatic N) is 1. The van der Waals surface area contributed by atoms with Crippen molar-refractivity contribution in [2.24, 2.45) is 5.84 Å². The highest BCUT2D eigenvalue weighted by Crippen LogP contribution is 2.32. The molecule has 0 aliphatic carbocycles. The first-order valence-electron chi connectivity index (χ1n) is 6.83. The molecule has 5 nitrogen and oxygen atoms in total. The zero-order chi connectivity index (χ0) is 14.7. The standard InChI is InChI=1S/C15H17N3O2S/c16-17-15(19)14-11(6-9-21-14)10-18-7-3-8-20-13-5-2-1-4-12(13)18/h1-2,4-6,9H,3,7-8,10,16H2,(H,17,19). The molecular formula is C15H17N3O2S. The Kier molecular flexibility index (Phi) is 4.08. The largest absolute Gasteiger partial charge is 0.491 e. The van der Waals surface area contributed by atoms with Gasteiger partial charge in [0.15, 0.2) is 0 Å². The van der Waals surface area contributed by atoms with E-state index < -0.39 is 0 Å². The quantitative estimate of drug-likeness (QED) is 0.518. The lowest BCUT2D eigenvalue weighted by Gasteiger charge is -2.23. The number of nitrogens with two attached hydrogens (primary N) is 1. The molecule has 3 N–H and O–H groups in total. The summed E-state index contributed by atoms with van der Waals surface area (Å²) in [6.07, 6.45) is 0.956. The molecule has 2 aromatic rings. The van der Waals surface area contributed by atoms with Crippen LogP contribution in [0.2, 0.25) is 0 Å². The average molecular weight is 303 g/mol. The van der Waals surface area contributed by atoms with Gasteiger partial charge in [-0.3, -0.25) is 10.2 Å². The number of nitrogen functional groups attached to an aromatic ring is 1. The van der Waals surface area contributed by atoms with Crippen LogP contribution in [0, 0.1) is 0 Å². The summed E-state index contributed by atoms with van der Waals surface area (Å²) in [4.78, 5) is 14.7. The van der Waals surface area contributed by atoms with Gasteiger partial charge in [-0.2, -0.15) is 0 Å². The lowest BCUT2D eigenvalue weighted by molar-refractivity contribution is 0.0957. The Bertz CT molecular complexity index is 641. The van der Waals surface area contributed by atoms with Crippen molar-refractivity contribution in [3.63, 3.8) is 0 Å². The van der Waals surface area contributed by atoms with Crippen LogP contribution in [-0.4, -0.2) is 19.1 Å². The zero-order valence-electron chi connectivity index (χ0n) is 11.5. The van der Waals surface area contributed by atoms with Crippen LogP contribution in [0.5, 0.6) is 5.75 Å². The number of ether oxygens (including phenoxy) is 1. The molecule has 0 atom stereocenters. The van der Waals surface area contributed by atoms with Crippen molar-refractivity contribution in [3.05, 3.63) is 46.2 Å². The van der Waals surface area contributed by atoms with Gasteiger partial charge in [-0.1, -0.05) is 12.1 Å². The molecule has 1 aromatic carbocycles. The first-order valence-corrected chi connectivity index (χ1v) is 7.71. The number of carbonyl (C=O) groups excluding carboxylic acids is 1. The predicted molar refractivity (Wildman–Crippen MR) is 83.6 cm³/mol. The molecule has 1 amide bonds. The number of hydrogen-bond acceptors (Lipinski definition) is 5. The molecule has 1 aliphatic rings. The highest BCUT2D eigenvalue weighted by Gasteiger charge is 2.19. The molecule has 0 spiro atoms. The van der Waals surface area contributed by atoms with Crippen molar-refractivity contribution < 1.29 is 9.53 Å². The van der Waals surface area contributed by atoms with Crippen LogP contribution in [0.1, 0.15) is 21.7 Å². The summed E-state index contributed by atoms with van der Waals surface area (Å²) in [6.45, 7) is 2.29. The van der Waals surface area contributed by atoms with Gasteiger partial charge in [-0.15, -0.1) is 11.3 Å². The molecule has 0 radical (unpaired) electrons. The second-order valence-electron chi connectivity index (χ2n) is 4.84. The number of benzene rings is 1. The van der Waals surface area contributed by atoms with E-state index in [1.165, 1.54) is 11.3 Å². The van der Waals surface area contributed by atoms with Gasteiger partial charge in [0.25, 0.3) is 5.91 Å². The molecule has 21 heavy (non-hydrogen) atoms. The van der Waals surface area contributed by atoms with Crippen molar-refractivity contribution in [2.45, 2.75) is 13.0 Å². The number of fused-ring (bicyclic) bond motifs is 1. The number of para-hydroxylation sites is 2. The summed E-state index contributed by atoms with van der Waals surface area (Å²) < 4.78 is 5.76. The average Bonchev–Trinajstić information content (AvgIpc) is 2.88. The Balaban J connectivity index is 1.88. The van der Waals surface area contributed by atoms with Crippen molar-refractivity contribution in [3.8, 4) is 5.75 Å². The number of rotatable bonds is 3. The van der Waals surface area contributed by atoms with Gasteiger partial charge < -0.3 is 9.64 Å². The lowest BCUT2D eigenvalue weighted by Crippen LogP contribution is -2.31. The van der Waals surface area contributed by atoms with Gasteiger partial charge in [0, 0.05) is 13.1 Å². The minimum atomic E-state index is -0.237. The predicted octanol–water partition coefficient (Wildman–Crippen LogP) is 2.14. The van der Waals surface area contributed by atoms with E-state index in [0.717, 1.165) is 30.0 Å². The van der Waals surface area contributed by atoms with E-state index in [1.807, 2.05) is 29.6 Å². The third-order valence-electron chi connectivity index (χ3n) is 3.48. The number of anilines is 1. The van der Waals surface area contributed by atoms with E-state index in [1.54, 1.807) is 0 Å². The highest BCUT2D eigenvalue weighted by molar-refractivity contribution is 7.12. The smallest absolute Gasteiger partial charge is 0.275 e. The van der Waals surface area contributed by atoms with E-state index in [9.17, 15) is 4.79 Å². The van der Waals surface area contributed by atoms with Crippen LogP contribution in [0.4, 0.5) is 5.69 Å². The third kappa shape index (κ3) is 2.86. The Hall–Kier alpha value is -2.05. The van der Waals surface area contributed by atoms with Crippen LogP contribution in [0.3, 0.4) is 0 Å². The Morgan fingerprint density at radius 2 is 2.24 bits per heavy atom. The fraction of sp³-hybridized carbons (Fsp3) is 0.267. The first-order chi connectivity index (χ1) is 10.3. The fourth-order valence-electron chi connectivity index (χ4n) is 2.49. The second-order valence-corrected chi connectivity index (χ2v) is 5.76. The van der Waals surface area contributed by atoms with Crippen LogP contribution < -0.4 is 20.9 Å². The maximum atomic E-state index is 11.8. The van der Waals surface area contributed by atoms with Gasteiger partial charge in [-0.05, 0) is 35.6 Å². The van der Waals surface area contributed by atoms with Gasteiger partial charge in [0.2, 0.25) is 0 Å². The summed E-state index contributed by atoms with van der Waals surface area (Å²) >= 11 is 1.41. The molecule has 1 aromatic heterocycles. The van der Waals surface area contributed by atoms with Gasteiger partial charge >= 0.3 is 0 Å². The Morgan fingerprint density at radius 3 is 3.10 bits per heavy atom. The van der Waals surface area contributed by atoms with Crippen LogP contribution in [0.15, 0.2) is 35.7 Å². The van der Waals surface area contributed by atoms with Gasteiger partial charge in [-0.25, -0.2) is 5.84 Å². The van der Waals surface area contributed by atoms with E-state index in [4.69, 9.17) is 10.6 Å². The topological polar surface area (TPSA) is 67.6 Å². The zero-order valence-corrected chi connectivity index (χ0v) is 12.4. The minimum absolute atomic E-state index is 0.237. The molecule has 0 fully saturated rings. The summed E-state index contributed by atoms with van der Waals surface area (Å²) in [5.41, 5.74) is 4.26. The van der Waals surface area contributed by atoms with E-state index in [2.05, 4.69) is 16.4 Å². The summed E-state index contributed by atoms with van der Waals surface area (Å²) in [7, 11) is 0. The maximum absolute atomic E-state index is 11.8. The summed E-state index contributed by atoms with van der Waals surface area (Å²) in [6, 6.07) is 9.98. The third-order valence-corrected chi connectivity index (χ3v) is 4.44. The Labute approximate surface area is 127 Å². The number of amides is 1. The number of carbonyl (C=O) groups is 1.